The molecule has 0 atom stereocenters. The summed E-state index contributed by atoms with van der Waals surface area (Å²) in [4.78, 5) is 25.0. The molecule has 2 aromatic heterocycles. The summed E-state index contributed by atoms with van der Waals surface area (Å²) in [5.74, 6) is 0.970. The number of anilines is 2. The molecule has 0 bridgehead atoms. The van der Waals surface area contributed by atoms with Crippen LogP contribution >= 0.6 is 0 Å². The van der Waals surface area contributed by atoms with Crippen molar-refractivity contribution in [2.75, 3.05) is 38.8 Å². The zero-order chi connectivity index (χ0) is 16.7. The Hall–Kier alpha value is -2.31. The van der Waals surface area contributed by atoms with Crippen LogP contribution in [0.1, 0.15) is 42.2 Å². The van der Waals surface area contributed by atoms with Crippen molar-refractivity contribution < 1.29 is 4.79 Å². The molecule has 0 aromatic carbocycles. The fourth-order valence-electron chi connectivity index (χ4n) is 3.36. The number of nitrogens with two attached hydrogens (primary N) is 1. The maximum atomic E-state index is 12.7. The standard InChI is InChI=1S/C16H24N6O/c1-20(2)13-11-9-12(15(23)21(3)4)22(10-7-5-6-8-10)14(11)19-16(17)18-13/h9-10H,5-8H2,1-4H3,(H2,17,18,19). The molecule has 23 heavy (non-hydrogen) atoms. The topological polar surface area (TPSA) is 80.3 Å². The Labute approximate surface area is 136 Å². The van der Waals surface area contributed by atoms with Crippen LogP contribution in [0.3, 0.4) is 0 Å². The Bertz CT molecular complexity index is 743. The summed E-state index contributed by atoms with van der Waals surface area (Å²) in [7, 11) is 7.38. The molecule has 1 saturated carbocycles. The maximum Gasteiger partial charge on any atom is 0.270 e. The van der Waals surface area contributed by atoms with Gasteiger partial charge in [0.05, 0.1) is 5.39 Å². The Morgan fingerprint density at radius 3 is 2.43 bits per heavy atom. The summed E-state index contributed by atoms with van der Waals surface area (Å²) in [6.45, 7) is 0. The number of carbonyl (C=O) groups excluding carboxylic acids is 1. The number of aromatic nitrogens is 3. The normalized spacial score (nSPS) is 15.3. The molecular weight excluding hydrogens is 292 g/mol. The van der Waals surface area contributed by atoms with Gasteiger partial charge in [0.2, 0.25) is 5.95 Å². The van der Waals surface area contributed by atoms with Gasteiger partial charge in [0.15, 0.2) is 0 Å². The van der Waals surface area contributed by atoms with E-state index in [2.05, 4.69) is 14.5 Å². The van der Waals surface area contributed by atoms with Crippen LogP contribution in [0.2, 0.25) is 0 Å². The van der Waals surface area contributed by atoms with Gasteiger partial charge in [0, 0.05) is 34.2 Å². The molecule has 0 spiro atoms. The molecular formula is C16H24N6O. The van der Waals surface area contributed by atoms with Gasteiger partial charge in [-0.2, -0.15) is 9.97 Å². The molecule has 1 aliphatic carbocycles. The molecule has 2 N–H and O–H groups in total. The second-order valence-electron chi connectivity index (χ2n) is 6.57. The predicted octanol–water partition coefficient (Wildman–Crippen LogP) is 1.90. The lowest BCUT2D eigenvalue weighted by atomic mass is 10.2. The van der Waals surface area contributed by atoms with Crippen molar-refractivity contribution in [1.29, 1.82) is 0 Å². The average Bonchev–Trinajstić information content (AvgIpc) is 3.11. The van der Waals surface area contributed by atoms with Gasteiger partial charge in [-0.05, 0) is 18.9 Å². The molecule has 0 aliphatic heterocycles. The van der Waals surface area contributed by atoms with Crippen molar-refractivity contribution >= 4 is 28.7 Å². The molecule has 3 rings (SSSR count). The molecule has 0 radical (unpaired) electrons. The summed E-state index contributed by atoms with van der Waals surface area (Å²) in [6.07, 6.45) is 4.50. The van der Waals surface area contributed by atoms with Crippen molar-refractivity contribution in [3.8, 4) is 0 Å². The number of hydrogen-bond acceptors (Lipinski definition) is 5. The van der Waals surface area contributed by atoms with Gasteiger partial charge in [-0.1, -0.05) is 12.8 Å². The van der Waals surface area contributed by atoms with E-state index in [1.165, 1.54) is 12.8 Å². The third-order valence-electron chi connectivity index (χ3n) is 4.43. The SMILES string of the molecule is CN(C)C(=O)c1cc2c(N(C)C)nc(N)nc2n1C1CCCC1. The lowest BCUT2D eigenvalue weighted by Crippen LogP contribution is -2.25. The van der Waals surface area contributed by atoms with Crippen molar-refractivity contribution in [1.82, 2.24) is 19.4 Å². The van der Waals surface area contributed by atoms with Crippen LogP contribution < -0.4 is 10.6 Å². The zero-order valence-corrected chi connectivity index (χ0v) is 14.2. The Kier molecular flexibility index (Phi) is 3.87. The van der Waals surface area contributed by atoms with Crippen LogP contribution in [-0.2, 0) is 0 Å². The largest absolute Gasteiger partial charge is 0.368 e. The number of hydrogen-bond donors (Lipinski definition) is 1. The second-order valence-corrected chi connectivity index (χ2v) is 6.57. The van der Waals surface area contributed by atoms with E-state index in [9.17, 15) is 4.79 Å². The molecule has 7 nitrogen and oxygen atoms in total. The van der Waals surface area contributed by atoms with Gasteiger partial charge in [-0.15, -0.1) is 0 Å². The fourth-order valence-corrected chi connectivity index (χ4v) is 3.36. The van der Waals surface area contributed by atoms with E-state index in [1.807, 2.05) is 25.1 Å². The van der Waals surface area contributed by atoms with Gasteiger partial charge in [0.1, 0.15) is 17.2 Å². The van der Waals surface area contributed by atoms with E-state index >= 15 is 0 Å². The van der Waals surface area contributed by atoms with Gasteiger partial charge in [0.25, 0.3) is 5.91 Å². The summed E-state index contributed by atoms with van der Waals surface area (Å²) in [5, 5.41) is 0.876. The molecule has 2 heterocycles. The Balaban J connectivity index is 2.30. The van der Waals surface area contributed by atoms with E-state index in [0.29, 0.717) is 11.7 Å². The minimum atomic E-state index is -0.0156. The highest BCUT2D eigenvalue weighted by Gasteiger charge is 2.27. The smallest absolute Gasteiger partial charge is 0.270 e. The number of fused-ring (bicyclic) bond motifs is 1. The quantitative estimate of drug-likeness (QED) is 0.935. The molecule has 1 fully saturated rings. The minimum Gasteiger partial charge on any atom is -0.368 e. The number of amides is 1. The molecule has 7 heteroatoms. The van der Waals surface area contributed by atoms with Crippen LogP contribution in [0.15, 0.2) is 6.07 Å². The van der Waals surface area contributed by atoms with Gasteiger partial charge >= 0.3 is 0 Å². The van der Waals surface area contributed by atoms with E-state index in [1.54, 1.807) is 19.0 Å². The van der Waals surface area contributed by atoms with Crippen LogP contribution in [0, 0.1) is 0 Å². The highest BCUT2D eigenvalue weighted by Crippen LogP contribution is 2.36. The lowest BCUT2D eigenvalue weighted by molar-refractivity contribution is 0.0815. The highest BCUT2D eigenvalue weighted by molar-refractivity contribution is 6.01. The summed E-state index contributed by atoms with van der Waals surface area (Å²) >= 11 is 0. The number of carbonyl (C=O) groups is 1. The van der Waals surface area contributed by atoms with Gasteiger partial charge in [-0.25, -0.2) is 0 Å². The highest BCUT2D eigenvalue weighted by atomic mass is 16.2. The van der Waals surface area contributed by atoms with Crippen molar-refractivity contribution in [2.24, 2.45) is 0 Å². The van der Waals surface area contributed by atoms with Gasteiger partial charge in [-0.3, -0.25) is 4.79 Å². The predicted molar refractivity (Wildman–Crippen MR) is 91.8 cm³/mol. The third kappa shape index (κ3) is 2.60. The monoisotopic (exact) mass is 316 g/mol. The number of nitrogen functional groups attached to an aromatic ring is 1. The number of nitrogens with zero attached hydrogens (tertiary/aromatic N) is 5. The molecule has 2 aromatic rings. The minimum absolute atomic E-state index is 0.0156. The van der Waals surface area contributed by atoms with Crippen molar-refractivity contribution in [2.45, 2.75) is 31.7 Å². The van der Waals surface area contributed by atoms with Crippen LogP contribution in [0.5, 0.6) is 0 Å². The van der Waals surface area contributed by atoms with Crippen LogP contribution in [0.4, 0.5) is 11.8 Å². The Morgan fingerprint density at radius 1 is 1.22 bits per heavy atom. The molecule has 1 aliphatic rings. The first kappa shape index (κ1) is 15.6. The lowest BCUT2D eigenvalue weighted by Gasteiger charge is -2.19. The molecule has 1 amide bonds. The van der Waals surface area contributed by atoms with E-state index in [0.717, 1.165) is 29.7 Å². The van der Waals surface area contributed by atoms with E-state index in [-0.39, 0.29) is 11.9 Å². The van der Waals surface area contributed by atoms with Crippen LogP contribution in [-0.4, -0.2) is 53.5 Å². The summed E-state index contributed by atoms with van der Waals surface area (Å²) in [6, 6.07) is 2.21. The van der Waals surface area contributed by atoms with Gasteiger partial charge < -0.3 is 20.1 Å². The first-order chi connectivity index (χ1) is 10.9. The second kappa shape index (κ2) is 5.72. The zero-order valence-electron chi connectivity index (χ0n) is 14.2. The summed E-state index contributed by atoms with van der Waals surface area (Å²) < 4.78 is 2.08. The van der Waals surface area contributed by atoms with Crippen molar-refractivity contribution in [3.05, 3.63) is 11.8 Å². The maximum absolute atomic E-state index is 12.7. The average molecular weight is 316 g/mol. The first-order valence-electron chi connectivity index (χ1n) is 7.97. The first-order valence-corrected chi connectivity index (χ1v) is 7.97. The van der Waals surface area contributed by atoms with E-state index in [4.69, 9.17) is 5.73 Å². The van der Waals surface area contributed by atoms with Crippen LogP contribution in [0.25, 0.3) is 11.0 Å². The van der Waals surface area contributed by atoms with Crippen molar-refractivity contribution in [3.63, 3.8) is 0 Å². The molecule has 0 unspecified atom stereocenters. The molecule has 0 saturated heterocycles. The molecule has 124 valence electrons. The summed E-state index contributed by atoms with van der Waals surface area (Å²) in [5.41, 5.74) is 7.35. The number of rotatable bonds is 3. The fraction of sp³-hybridized carbons (Fsp3) is 0.562. The Morgan fingerprint density at radius 2 is 1.87 bits per heavy atom. The van der Waals surface area contributed by atoms with E-state index < -0.39 is 0 Å². The third-order valence-corrected chi connectivity index (χ3v) is 4.43.